The van der Waals surface area contributed by atoms with Gasteiger partial charge in [0.25, 0.3) is 17.7 Å². The molecule has 4 aromatic carbocycles. The Bertz CT molecular complexity index is 3850. The van der Waals surface area contributed by atoms with Crippen molar-refractivity contribution >= 4 is 47.0 Å². The van der Waals surface area contributed by atoms with Gasteiger partial charge in [-0.25, -0.2) is 4.68 Å². The van der Waals surface area contributed by atoms with Gasteiger partial charge in [-0.05, 0) is 125 Å². The predicted octanol–water partition coefficient (Wildman–Crippen LogP) is 9.21. The maximum absolute atomic E-state index is 12.1. The molecule has 22 heteroatoms. The summed E-state index contributed by atoms with van der Waals surface area (Å²) in [5.74, 6) is -1.32. The van der Waals surface area contributed by atoms with Crippen LogP contribution in [0.4, 0.5) is 0 Å². The number of nitrogens with zero attached hydrogens (tertiary/aromatic N) is 11. The number of aromatic nitrogens is 8. The largest absolute Gasteiger partial charge is 0.489 e. The highest BCUT2D eigenvalue weighted by Gasteiger charge is 2.30. The summed E-state index contributed by atoms with van der Waals surface area (Å²) < 4.78 is 12.7. The number of primary amides is 3. The lowest BCUT2D eigenvalue weighted by Crippen LogP contribution is -2.40. The third-order valence-corrected chi connectivity index (χ3v) is 16.0. The summed E-state index contributed by atoms with van der Waals surface area (Å²) in [5.41, 5.74) is 25.2. The first kappa shape index (κ1) is 63.4. The molecule has 21 nitrogen and oxygen atoms in total. The molecule has 0 unspecified atom stereocenters. The van der Waals surface area contributed by atoms with Crippen molar-refractivity contribution in [1.82, 2.24) is 53.8 Å². The number of nitrogens with two attached hydrogens (primary N) is 3. The quantitative estimate of drug-likeness (QED) is 0.0723. The van der Waals surface area contributed by atoms with Crippen molar-refractivity contribution in [3.63, 3.8) is 0 Å². The van der Waals surface area contributed by atoms with Gasteiger partial charge in [-0.15, -0.1) is 0 Å². The van der Waals surface area contributed by atoms with Crippen LogP contribution in [0, 0.1) is 0 Å². The van der Waals surface area contributed by atoms with Crippen LogP contribution in [-0.2, 0) is 20.8 Å². The summed E-state index contributed by atoms with van der Waals surface area (Å²) in [5, 5.41) is 18.7. The first-order valence-electron chi connectivity index (χ1n) is 29.5. The van der Waals surface area contributed by atoms with E-state index in [-0.39, 0.29) is 42.0 Å². The van der Waals surface area contributed by atoms with E-state index >= 15 is 0 Å². The Hall–Kier alpha value is -10.2. The van der Waals surface area contributed by atoms with Gasteiger partial charge in [-0.2, -0.15) is 20.4 Å². The molecular weight excluding hydrogens is 1150 g/mol. The van der Waals surface area contributed by atoms with Crippen molar-refractivity contribution in [3.05, 3.63) is 205 Å². The maximum atomic E-state index is 12.1. The second-order valence-corrected chi connectivity index (χ2v) is 22.6. The van der Waals surface area contributed by atoms with Gasteiger partial charge in [-0.3, -0.25) is 42.8 Å². The van der Waals surface area contributed by atoms with Gasteiger partial charge in [0, 0.05) is 86.9 Å². The monoisotopic (exact) mass is 1220 g/mol. The highest BCUT2D eigenvalue weighted by molar-refractivity contribution is 6.32. The van der Waals surface area contributed by atoms with E-state index in [1.165, 1.54) is 29.4 Å². The standard InChI is InChI=1S/C25H26N4O2.C21H25ClN4O3.C21H22N6O2/c1-2-23(30)28-14-6-9-21(16-28)29-17-22(25(26)31)24(27-29)20-12-10-19(11-13-20)15-18-7-4-3-5-8-18;1-4-19(27)25-9-5-6-15(11-25)26-12-16(21(23)28)20(24-26)14-7-8-18(17(22)10-14)29-13(2)3;1-2-19(28)25-11-3-5-17(13-25)27-14-18(21(22)29)20(24-27)15-6-8-16(9-7-15)26-12-4-10-23-26/h2-5,7-8,10-13,17,21H,1,6,9,14-16H2,(H2,26,31);4,7-8,10,12-13,15H,1,5-6,9,11H2,2-3H3,(H2,23,28);2,4,6-10,12,14,17H,1,3,5,11,13H2,(H2,22,29)/t21-;15-;17-/m111/s1. The second kappa shape index (κ2) is 29.0. The third-order valence-electron chi connectivity index (χ3n) is 15.7. The van der Waals surface area contributed by atoms with Crippen LogP contribution < -0.4 is 21.9 Å². The Morgan fingerprint density at radius 2 is 0.966 bits per heavy atom. The number of piperidine rings is 3. The Morgan fingerprint density at radius 1 is 0.562 bits per heavy atom. The molecule has 6 N–H and O–H groups in total. The molecular formula is C67H73ClN14O7. The van der Waals surface area contributed by atoms with E-state index in [2.05, 4.69) is 59.3 Å². The van der Waals surface area contributed by atoms with Crippen LogP contribution in [0.3, 0.4) is 0 Å². The molecule has 0 bridgehead atoms. The lowest BCUT2D eigenvalue weighted by molar-refractivity contribution is -0.128. The zero-order chi connectivity index (χ0) is 63.3. The molecule has 89 heavy (non-hydrogen) atoms. The first-order valence-corrected chi connectivity index (χ1v) is 29.9. The summed E-state index contributed by atoms with van der Waals surface area (Å²) in [7, 11) is 0. The first-order chi connectivity index (χ1) is 42.9. The van der Waals surface area contributed by atoms with Gasteiger partial charge in [0.2, 0.25) is 17.7 Å². The fourth-order valence-electron chi connectivity index (χ4n) is 11.2. The van der Waals surface area contributed by atoms with E-state index in [4.69, 9.17) is 38.6 Å². The molecule has 0 aliphatic carbocycles. The number of hydrogen-bond donors (Lipinski definition) is 3. The average Bonchev–Trinajstić information content (AvgIpc) is 1.94. The zero-order valence-electron chi connectivity index (χ0n) is 49.9. The van der Waals surface area contributed by atoms with Crippen LogP contribution in [0.25, 0.3) is 39.5 Å². The van der Waals surface area contributed by atoms with Crippen molar-refractivity contribution in [2.75, 3.05) is 39.3 Å². The number of rotatable bonds is 17. The molecule has 0 spiro atoms. The smallest absolute Gasteiger partial charge is 0.252 e. The third kappa shape index (κ3) is 15.5. The SMILES string of the molecule is C=CC(=O)N1CCC[C@@H](n2cc(C(N)=O)c(-c3ccc(-n4cccn4)cc3)n2)C1.C=CC(=O)N1CCC[C@@H](n2cc(C(N)=O)c(-c3ccc(Cc4ccccc4)cc3)n2)C1.C=CC(=O)N1CCC[C@@H](n2cc(C(N)=O)c(-c3ccc(OC(C)C)c(Cl)c3)n2)C1. The number of likely N-dealkylation sites (tertiary alicyclic amines) is 3. The van der Waals surface area contributed by atoms with E-state index in [1.807, 2.05) is 80.7 Å². The van der Waals surface area contributed by atoms with Crippen molar-refractivity contribution < 1.29 is 33.5 Å². The van der Waals surface area contributed by atoms with Gasteiger partial charge in [0.15, 0.2) is 0 Å². The molecule has 3 aliphatic heterocycles. The normalized spacial score (nSPS) is 16.4. The Kier molecular flexibility index (Phi) is 20.7. The lowest BCUT2D eigenvalue weighted by Gasteiger charge is -2.32. The second-order valence-electron chi connectivity index (χ2n) is 22.2. The zero-order valence-corrected chi connectivity index (χ0v) is 50.7. The van der Waals surface area contributed by atoms with Gasteiger partial charge in [0.05, 0.1) is 51.6 Å². The summed E-state index contributed by atoms with van der Waals surface area (Å²) in [6, 6.07) is 33.0. The number of hydrogen-bond acceptors (Lipinski definition) is 11. The molecule has 6 amide bonds. The van der Waals surface area contributed by atoms with Crippen LogP contribution in [0.15, 0.2) is 172 Å². The van der Waals surface area contributed by atoms with Crippen LogP contribution >= 0.6 is 11.6 Å². The van der Waals surface area contributed by atoms with E-state index in [0.29, 0.717) is 89.4 Å². The highest BCUT2D eigenvalue weighted by Crippen LogP contribution is 2.35. The van der Waals surface area contributed by atoms with Gasteiger partial charge in [-0.1, -0.05) is 98.1 Å². The van der Waals surface area contributed by atoms with Crippen molar-refractivity contribution in [1.29, 1.82) is 0 Å². The maximum Gasteiger partial charge on any atom is 0.252 e. The van der Waals surface area contributed by atoms with Crippen molar-refractivity contribution in [2.45, 2.75) is 83.0 Å². The van der Waals surface area contributed by atoms with Gasteiger partial charge >= 0.3 is 0 Å². The van der Waals surface area contributed by atoms with Crippen LogP contribution in [-0.4, -0.2) is 135 Å². The molecule has 7 heterocycles. The molecule has 11 rings (SSSR count). The molecule has 8 aromatic rings. The fourth-order valence-corrected chi connectivity index (χ4v) is 11.4. The minimum Gasteiger partial charge on any atom is -0.489 e. The predicted molar refractivity (Wildman–Crippen MR) is 341 cm³/mol. The number of halogens is 1. The average molecular weight is 1220 g/mol. The number of carbonyl (C=O) groups is 6. The Balaban J connectivity index is 0.000000159. The number of benzene rings is 4. The molecule has 4 aromatic heterocycles. The number of ether oxygens (including phenoxy) is 1. The summed E-state index contributed by atoms with van der Waals surface area (Å²) in [6.07, 6.45) is 18.6. The van der Waals surface area contributed by atoms with E-state index in [1.54, 1.807) is 76.4 Å². The van der Waals surface area contributed by atoms with Gasteiger partial charge in [0.1, 0.15) is 22.8 Å². The Morgan fingerprint density at radius 3 is 1.35 bits per heavy atom. The lowest BCUT2D eigenvalue weighted by atomic mass is 10.0. The van der Waals surface area contributed by atoms with Crippen LogP contribution in [0.2, 0.25) is 5.02 Å². The van der Waals surface area contributed by atoms with E-state index in [0.717, 1.165) is 61.8 Å². The minimum atomic E-state index is -0.570. The molecule has 3 fully saturated rings. The summed E-state index contributed by atoms with van der Waals surface area (Å²) in [4.78, 5) is 77.4. The van der Waals surface area contributed by atoms with Crippen molar-refractivity contribution in [3.8, 4) is 45.2 Å². The summed E-state index contributed by atoms with van der Waals surface area (Å²) >= 11 is 6.35. The molecule has 0 saturated carbocycles. The summed E-state index contributed by atoms with van der Waals surface area (Å²) in [6.45, 7) is 18.2. The fraction of sp³-hybridized carbons (Fsp3) is 0.284. The molecule has 3 saturated heterocycles. The van der Waals surface area contributed by atoms with Crippen LogP contribution in [0.5, 0.6) is 5.75 Å². The molecule has 0 radical (unpaired) electrons. The van der Waals surface area contributed by atoms with Gasteiger partial charge < -0.3 is 36.6 Å². The van der Waals surface area contributed by atoms with Crippen molar-refractivity contribution in [2.24, 2.45) is 17.2 Å². The molecule has 3 aliphatic rings. The van der Waals surface area contributed by atoms with E-state index < -0.39 is 17.7 Å². The molecule has 3 atom stereocenters. The topological polar surface area (TPSA) is 271 Å². The molecule has 460 valence electrons. The van der Waals surface area contributed by atoms with E-state index in [9.17, 15) is 28.8 Å². The van der Waals surface area contributed by atoms with Crippen LogP contribution in [0.1, 0.15) is 113 Å². The Labute approximate surface area is 521 Å². The highest BCUT2D eigenvalue weighted by atomic mass is 35.5. The minimum absolute atomic E-state index is 0.00172. The number of carbonyl (C=O) groups excluding carboxylic acids is 6. The number of amides is 6.